The normalized spacial score (nSPS) is 13.9. The number of hydrogen-bond donors (Lipinski definition) is 0. The van der Waals surface area contributed by atoms with Gasteiger partial charge < -0.3 is 14.5 Å². The first-order valence-electron chi connectivity index (χ1n) is 9.68. The standard InChI is InChI=1S/C21H22N6O3/c1-15-5-3-7-18(16(15)2)25-9-11-26(12-10-25)20-19(27(28)29)21(24-14-23-20)30-17-6-4-8-22-13-17/h3-8,13-14H,9-12H2,1-2H3. The van der Waals surface area contributed by atoms with Gasteiger partial charge in [-0.15, -0.1) is 0 Å². The lowest BCUT2D eigenvalue weighted by Gasteiger charge is -2.37. The number of hydrogen-bond acceptors (Lipinski definition) is 8. The molecule has 0 radical (unpaired) electrons. The number of aryl methyl sites for hydroxylation is 1. The van der Waals surface area contributed by atoms with Crippen LogP contribution in [0.2, 0.25) is 0 Å². The molecule has 0 unspecified atom stereocenters. The predicted molar refractivity (Wildman–Crippen MR) is 113 cm³/mol. The Bertz CT molecular complexity index is 1050. The smallest absolute Gasteiger partial charge is 0.373 e. The zero-order chi connectivity index (χ0) is 21.1. The summed E-state index contributed by atoms with van der Waals surface area (Å²) in [4.78, 5) is 27.7. The molecule has 3 heterocycles. The van der Waals surface area contributed by atoms with Crippen LogP contribution in [0.4, 0.5) is 17.2 Å². The second-order valence-electron chi connectivity index (χ2n) is 7.09. The van der Waals surface area contributed by atoms with Gasteiger partial charge in [0.2, 0.25) is 5.82 Å². The van der Waals surface area contributed by atoms with Crippen LogP contribution >= 0.6 is 0 Å². The largest absolute Gasteiger partial charge is 0.432 e. The van der Waals surface area contributed by atoms with E-state index in [-0.39, 0.29) is 17.4 Å². The first kappa shape index (κ1) is 19.6. The molecule has 0 aliphatic carbocycles. The topological polar surface area (TPSA) is 97.5 Å². The van der Waals surface area contributed by atoms with Crippen LogP contribution in [0.25, 0.3) is 0 Å². The number of nitro groups is 1. The van der Waals surface area contributed by atoms with Gasteiger partial charge in [0.25, 0.3) is 0 Å². The summed E-state index contributed by atoms with van der Waals surface area (Å²) in [6.07, 6.45) is 4.38. The average molecular weight is 406 g/mol. The van der Waals surface area contributed by atoms with E-state index < -0.39 is 4.92 Å². The molecule has 2 aromatic heterocycles. The minimum absolute atomic E-state index is 0.0880. The molecule has 1 aromatic carbocycles. The molecule has 0 N–H and O–H groups in total. The summed E-state index contributed by atoms with van der Waals surface area (Å²) in [6, 6.07) is 9.63. The highest BCUT2D eigenvalue weighted by Crippen LogP contribution is 2.36. The van der Waals surface area contributed by atoms with Crippen LogP contribution in [0.3, 0.4) is 0 Å². The predicted octanol–water partition coefficient (Wildman–Crippen LogP) is 3.52. The van der Waals surface area contributed by atoms with Gasteiger partial charge in [-0.3, -0.25) is 15.1 Å². The van der Waals surface area contributed by atoms with Gasteiger partial charge in [0, 0.05) is 38.1 Å². The molecule has 30 heavy (non-hydrogen) atoms. The average Bonchev–Trinajstić information content (AvgIpc) is 2.76. The van der Waals surface area contributed by atoms with Crippen molar-refractivity contribution in [2.45, 2.75) is 13.8 Å². The van der Waals surface area contributed by atoms with Crippen LogP contribution in [-0.2, 0) is 0 Å². The van der Waals surface area contributed by atoms with E-state index in [0.717, 1.165) is 13.1 Å². The molecule has 0 bridgehead atoms. The van der Waals surface area contributed by atoms with Crippen molar-refractivity contribution in [2.75, 3.05) is 36.0 Å². The number of aromatic nitrogens is 3. The summed E-state index contributed by atoms with van der Waals surface area (Å²) in [5, 5.41) is 11.8. The zero-order valence-corrected chi connectivity index (χ0v) is 16.9. The molecular formula is C21H22N6O3. The molecule has 154 valence electrons. The summed E-state index contributed by atoms with van der Waals surface area (Å²) < 4.78 is 5.63. The summed E-state index contributed by atoms with van der Waals surface area (Å²) >= 11 is 0. The second kappa shape index (κ2) is 8.32. The maximum absolute atomic E-state index is 11.8. The second-order valence-corrected chi connectivity index (χ2v) is 7.09. The number of benzene rings is 1. The van der Waals surface area contributed by atoms with Crippen molar-refractivity contribution in [3.63, 3.8) is 0 Å². The number of nitrogens with zero attached hydrogens (tertiary/aromatic N) is 6. The molecule has 3 aromatic rings. The summed E-state index contributed by atoms with van der Waals surface area (Å²) in [5.74, 6) is 0.564. The summed E-state index contributed by atoms with van der Waals surface area (Å²) in [7, 11) is 0. The van der Waals surface area contributed by atoms with E-state index in [9.17, 15) is 10.1 Å². The molecule has 0 amide bonds. The van der Waals surface area contributed by atoms with E-state index in [1.54, 1.807) is 18.3 Å². The van der Waals surface area contributed by atoms with E-state index in [0.29, 0.717) is 18.8 Å². The summed E-state index contributed by atoms with van der Waals surface area (Å²) in [5.41, 5.74) is 3.47. The maximum Gasteiger partial charge on any atom is 0.373 e. The van der Waals surface area contributed by atoms with Gasteiger partial charge in [-0.2, -0.15) is 4.98 Å². The number of ether oxygens (including phenoxy) is 1. The van der Waals surface area contributed by atoms with Crippen molar-refractivity contribution in [1.82, 2.24) is 15.0 Å². The number of piperazine rings is 1. The van der Waals surface area contributed by atoms with Crippen molar-refractivity contribution in [1.29, 1.82) is 0 Å². The molecular weight excluding hydrogens is 384 g/mol. The molecule has 1 saturated heterocycles. The minimum atomic E-state index is -0.488. The van der Waals surface area contributed by atoms with E-state index >= 15 is 0 Å². The number of anilines is 2. The molecule has 9 nitrogen and oxygen atoms in total. The Morgan fingerprint density at radius 2 is 1.80 bits per heavy atom. The van der Waals surface area contributed by atoms with Gasteiger partial charge in [0.05, 0.1) is 11.1 Å². The highest BCUT2D eigenvalue weighted by molar-refractivity contribution is 5.64. The lowest BCUT2D eigenvalue weighted by Crippen LogP contribution is -2.47. The van der Waals surface area contributed by atoms with Gasteiger partial charge in [-0.25, -0.2) is 4.98 Å². The van der Waals surface area contributed by atoms with Crippen molar-refractivity contribution in [3.8, 4) is 11.6 Å². The SMILES string of the molecule is Cc1cccc(N2CCN(c3ncnc(Oc4cccnc4)c3[N+](=O)[O-])CC2)c1C. The van der Waals surface area contributed by atoms with Gasteiger partial charge in [-0.05, 0) is 43.2 Å². The quantitative estimate of drug-likeness (QED) is 0.469. The van der Waals surface area contributed by atoms with Crippen LogP contribution < -0.4 is 14.5 Å². The molecule has 0 spiro atoms. The number of rotatable bonds is 5. The molecule has 1 aliphatic rings. The van der Waals surface area contributed by atoms with Crippen LogP contribution in [0, 0.1) is 24.0 Å². The fourth-order valence-electron chi connectivity index (χ4n) is 3.58. The third-order valence-electron chi connectivity index (χ3n) is 5.30. The summed E-state index contributed by atoms with van der Waals surface area (Å²) in [6.45, 7) is 6.92. The molecule has 9 heteroatoms. The van der Waals surface area contributed by atoms with E-state index in [4.69, 9.17) is 4.74 Å². The first-order valence-corrected chi connectivity index (χ1v) is 9.68. The van der Waals surface area contributed by atoms with Crippen molar-refractivity contribution < 1.29 is 9.66 Å². The number of pyridine rings is 1. The highest BCUT2D eigenvalue weighted by Gasteiger charge is 2.31. The molecule has 4 rings (SSSR count). The van der Waals surface area contributed by atoms with Crippen LogP contribution in [-0.4, -0.2) is 46.1 Å². The Hall–Kier alpha value is -3.75. The third kappa shape index (κ3) is 3.86. The van der Waals surface area contributed by atoms with E-state index in [1.807, 2.05) is 4.90 Å². The Labute approximate surface area is 174 Å². The molecule has 0 saturated carbocycles. The Kier molecular flexibility index (Phi) is 5.42. The monoisotopic (exact) mass is 406 g/mol. The van der Waals surface area contributed by atoms with Crippen molar-refractivity contribution in [3.05, 3.63) is 70.3 Å². The zero-order valence-electron chi connectivity index (χ0n) is 16.9. The van der Waals surface area contributed by atoms with Crippen molar-refractivity contribution >= 4 is 17.2 Å². The first-order chi connectivity index (χ1) is 14.5. The van der Waals surface area contributed by atoms with Crippen LogP contribution in [0.15, 0.2) is 49.1 Å². The van der Waals surface area contributed by atoms with Crippen molar-refractivity contribution in [2.24, 2.45) is 0 Å². The van der Waals surface area contributed by atoms with Gasteiger partial charge in [-0.1, -0.05) is 12.1 Å². The minimum Gasteiger partial charge on any atom is -0.432 e. The Morgan fingerprint density at radius 3 is 2.50 bits per heavy atom. The van der Waals surface area contributed by atoms with Gasteiger partial charge >= 0.3 is 11.6 Å². The fraction of sp³-hybridized carbons (Fsp3) is 0.286. The molecule has 1 fully saturated rings. The Balaban J connectivity index is 1.57. The fourth-order valence-corrected chi connectivity index (χ4v) is 3.58. The lowest BCUT2D eigenvalue weighted by atomic mass is 10.1. The third-order valence-corrected chi connectivity index (χ3v) is 5.30. The van der Waals surface area contributed by atoms with Crippen LogP contribution in [0.1, 0.15) is 11.1 Å². The van der Waals surface area contributed by atoms with Gasteiger partial charge in [0.15, 0.2) is 0 Å². The Morgan fingerprint density at radius 1 is 1.03 bits per heavy atom. The molecule has 0 atom stereocenters. The maximum atomic E-state index is 11.8. The lowest BCUT2D eigenvalue weighted by molar-refractivity contribution is -0.385. The highest BCUT2D eigenvalue weighted by atomic mass is 16.6. The van der Waals surface area contributed by atoms with E-state index in [2.05, 4.69) is 51.9 Å². The van der Waals surface area contributed by atoms with Gasteiger partial charge in [0.1, 0.15) is 12.1 Å². The van der Waals surface area contributed by atoms with E-state index in [1.165, 1.54) is 29.3 Å². The van der Waals surface area contributed by atoms with Crippen LogP contribution in [0.5, 0.6) is 11.6 Å². The molecule has 1 aliphatic heterocycles.